The van der Waals surface area contributed by atoms with Gasteiger partial charge in [-0.25, -0.2) is 0 Å². The molecule has 2 rings (SSSR count). The molecule has 0 aliphatic carbocycles. The lowest BCUT2D eigenvalue weighted by atomic mass is 10.1. The molecule has 1 atom stereocenters. The van der Waals surface area contributed by atoms with Crippen molar-refractivity contribution in [1.29, 1.82) is 0 Å². The van der Waals surface area contributed by atoms with Crippen molar-refractivity contribution in [2.75, 3.05) is 7.11 Å². The van der Waals surface area contributed by atoms with Crippen LogP contribution in [0.2, 0.25) is 0 Å². The van der Waals surface area contributed by atoms with E-state index in [4.69, 9.17) is 4.74 Å². The predicted molar refractivity (Wildman–Crippen MR) is 76.7 cm³/mol. The van der Waals surface area contributed by atoms with Gasteiger partial charge >= 0.3 is 0 Å². The maximum absolute atomic E-state index is 5.15. The number of hydrogen-bond donors (Lipinski definition) is 1. The van der Waals surface area contributed by atoms with Crippen LogP contribution in [0.3, 0.4) is 0 Å². The lowest BCUT2D eigenvalue weighted by Crippen LogP contribution is -2.17. The quantitative estimate of drug-likeness (QED) is 0.855. The minimum atomic E-state index is 0.399. The molecule has 1 aromatic carbocycles. The first-order valence-electron chi connectivity index (χ1n) is 6.13. The van der Waals surface area contributed by atoms with Crippen LogP contribution < -0.4 is 5.32 Å². The summed E-state index contributed by atoms with van der Waals surface area (Å²) in [7, 11) is 1.73. The Labute approximate surface area is 113 Å². The summed E-state index contributed by atoms with van der Waals surface area (Å²) in [5.41, 5.74) is 2.52. The Hall–Kier alpha value is -1.16. The lowest BCUT2D eigenvalue weighted by Gasteiger charge is -2.12. The van der Waals surface area contributed by atoms with Crippen molar-refractivity contribution < 1.29 is 4.74 Å². The van der Waals surface area contributed by atoms with Gasteiger partial charge in [0.1, 0.15) is 0 Å². The van der Waals surface area contributed by atoms with Gasteiger partial charge in [0.05, 0.1) is 6.61 Å². The molecule has 3 heteroatoms. The van der Waals surface area contributed by atoms with E-state index in [9.17, 15) is 0 Å². The first-order chi connectivity index (χ1) is 8.79. The fraction of sp³-hybridized carbons (Fsp3) is 0.333. The van der Waals surface area contributed by atoms with Crippen LogP contribution in [0, 0.1) is 0 Å². The smallest absolute Gasteiger partial charge is 0.0713 e. The number of thiophene rings is 1. The molecule has 1 aromatic heterocycles. The van der Waals surface area contributed by atoms with Crippen molar-refractivity contribution in [2.24, 2.45) is 0 Å². The molecule has 0 fully saturated rings. The summed E-state index contributed by atoms with van der Waals surface area (Å²) in [5, 5.41) is 5.66. The van der Waals surface area contributed by atoms with E-state index >= 15 is 0 Å². The number of rotatable bonds is 6. The van der Waals surface area contributed by atoms with E-state index in [1.165, 1.54) is 16.0 Å². The highest BCUT2D eigenvalue weighted by Gasteiger charge is 2.05. The van der Waals surface area contributed by atoms with Crippen molar-refractivity contribution >= 4 is 11.3 Å². The van der Waals surface area contributed by atoms with E-state index in [-0.39, 0.29) is 0 Å². The molecule has 0 amide bonds. The second kappa shape index (κ2) is 6.69. The largest absolute Gasteiger partial charge is 0.380 e. The van der Waals surface area contributed by atoms with Gasteiger partial charge in [-0.2, -0.15) is 0 Å². The van der Waals surface area contributed by atoms with Gasteiger partial charge < -0.3 is 10.1 Å². The topological polar surface area (TPSA) is 21.3 Å². The number of hydrogen-bond acceptors (Lipinski definition) is 3. The average molecular weight is 261 g/mol. The monoisotopic (exact) mass is 261 g/mol. The Kier molecular flexibility index (Phi) is 4.93. The second-order valence-electron chi connectivity index (χ2n) is 4.37. The number of nitrogens with one attached hydrogen (secondary N) is 1. The van der Waals surface area contributed by atoms with E-state index in [1.807, 2.05) is 0 Å². The zero-order valence-corrected chi connectivity index (χ0v) is 11.7. The molecule has 1 N–H and O–H groups in total. The SMILES string of the molecule is COCc1cccc(CNC(C)c2cccs2)c1. The van der Waals surface area contributed by atoms with E-state index in [2.05, 4.69) is 54.0 Å². The van der Waals surface area contributed by atoms with Gasteiger partial charge in [0.25, 0.3) is 0 Å². The number of methoxy groups -OCH3 is 1. The van der Waals surface area contributed by atoms with Crippen LogP contribution >= 0.6 is 11.3 Å². The Morgan fingerprint density at radius 3 is 2.78 bits per heavy atom. The van der Waals surface area contributed by atoms with Crippen molar-refractivity contribution in [3.63, 3.8) is 0 Å². The van der Waals surface area contributed by atoms with E-state index in [0.717, 1.165) is 6.54 Å². The molecule has 0 bridgehead atoms. The van der Waals surface area contributed by atoms with Gasteiger partial charge in [-0.05, 0) is 29.5 Å². The zero-order valence-electron chi connectivity index (χ0n) is 10.8. The summed E-state index contributed by atoms with van der Waals surface area (Å²) in [6.45, 7) is 3.76. The van der Waals surface area contributed by atoms with Crippen LogP contribution in [0.1, 0.15) is 29.0 Å². The minimum Gasteiger partial charge on any atom is -0.380 e. The Balaban J connectivity index is 1.91. The van der Waals surface area contributed by atoms with Crippen LogP contribution in [0.5, 0.6) is 0 Å². The van der Waals surface area contributed by atoms with Gasteiger partial charge in [0, 0.05) is 24.6 Å². The molecule has 0 radical (unpaired) electrons. The molecule has 0 saturated carbocycles. The molecule has 96 valence electrons. The van der Waals surface area contributed by atoms with Crippen LogP contribution in [0.4, 0.5) is 0 Å². The maximum atomic E-state index is 5.15. The van der Waals surface area contributed by atoms with Gasteiger partial charge in [-0.1, -0.05) is 30.3 Å². The Morgan fingerprint density at radius 2 is 2.06 bits per heavy atom. The fourth-order valence-electron chi connectivity index (χ4n) is 1.91. The minimum absolute atomic E-state index is 0.399. The van der Waals surface area contributed by atoms with Crippen LogP contribution in [0.25, 0.3) is 0 Å². The van der Waals surface area contributed by atoms with Crippen molar-refractivity contribution in [1.82, 2.24) is 5.32 Å². The summed E-state index contributed by atoms with van der Waals surface area (Å²) in [4.78, 5) is 1.38. The van der Waals surface area contributed by atoms with Crippen molar-refractivity contribution in [2.45, 2.75) is 26.1 Å². The fourth-order valence-corrected chi connectivity index (χ4v) is 2.66. The third-order valence-corrected chi connectivity index (χ3v) is 3.94. The van der Waals surface area contributed by atoms with Gasteiger partial charge in [-0.15, -0.1) is 11.3 Å². The summed E-state index contributed by atoms with van der Waals surface area (Å²) in [6.07, 6.45) is 0. The molecule has 0 aliphatic heterocycles. The summed E-state index contributed by atoms with van der Waals surface area (Å²) in [6, 6.07) is 13.2. The van der Waals surface area contributed by atoms with Crippen LogP contribution in [-0.4, -0.2) is 7.11 Å². The number of benzene rings is 1. The standard InChI is InChI=1S/C15H19NOS/c1-12(15-7-4-8-18-15)16-10-13-5-3-6-14(9-13)11-17-2/h3-9,12,16H,10-11H2,1-2H3. The van der Waals surface area contributed by atoms with E-state index in [0.29, 0.717) is 12.6 Å². The van der Waals surface area contributed by atoms with Gasteiger partial charge in [0.2, 0.25) is 0 Å². The average Bonchev–Trinajstić information content (AvgIpc) is 2.91. The molecule has 1 heterocycles. The number of ether oxygens (including phenoxy) is 1. The zero-order chi connectivity index (χ0) is 12.8. The molecule has 2 nitrogen and oxygen atoms in total. The normalized spacial score (nSPS) is 12.6. The third-order valence-electron chi connectivity index (χ3n) is 2.88. The van der Waals surface area contributed by atoms with Crippen molar-refractivity contribution in [3.05, 3.63) is 57.8 Å². The first-order valence-corrected chi connectivity index (χ1v) is 7.01. The molecule has 0 spiro atoms. The van der Waals surface area contributed by atoms with Gasteiger partial charge in [0.15, 0.2) is 0 Å². The summed E-state index contributed by atoms with van der Waals surface area (Å²) >= 11 is 1.79. The van der Waals surface area contributed by atoms with E-state index in [1.54, 1.807) is 18.4 Å². The molecule has 1 unspecified atom stereocenters. The third kappa shape index (κ3) is 3.67. The molecule has 0 saturated heterocycles. The predicted octanol–water partition coefficient (Wildman–Crippen LogP) is 3.75. The molecular formula is C15H19NOS. The van der Waals surface area contributed by atoms with Crippen LogP contribution in [-0.2, 0) is 17.9 Å². The second-order valence-corrected chi connectivity index (χ2v) is 5.35. The molecule has 2 aromatic rings. The lowest BCUT2D eigenvalue weighted by molar-refractivity contribution is 0.185. The molecular weight excluding hydrogens is 242 g/mol. The maximum Gasteiger partial charge on any atom is 0.0713 e. The Morgan fingerprint density at radius 1 is 1.22 bits per heavy atom. The first kappa shape index (κ1) is 13.3. The van der Waals surface area contributed by atoms with E-state index < -0.39 is 0 Å². The van der Waals surface area contributed by atoms with Crippen molar-refractivity contribution in [3.8, 4) is 0 Å². The molecule has 0 aliphatic rings. The molecule has 18 heavy (non-hydrogen) atoms. The highest BCUT2D eigenvalue weighted by Crippen LogP contribution is 2.18. The summed E-state index contributed by atoms with van der Waals surface area (Å²) in [5.74, 6) is 0. The Bertz CT molecular complexity index is 467. The van der Waals surface area contributed by atoms with Crippen LogP contribution in [0.15, 0.2) is 41.8 Å². The highest BCUT2D eigenvalue weighted by atomic mass is 32.1. The summed E-state index contributed by atoms with van der Waals surface area (Å²) < 4.78 is 5.15. The highest BCUT2D eigenvalue weighted by molar-refractivity contribution is 7.10. The van der Waals surface area contributed by atoms with Gasteiger partial charge in [-0.3, -0.25) is 0 Å².